The van der Waals surface area contributed by atoms with Gasteiger partial charge in [0.1, 0.15) is 6.10 Å². The van der Waals surface area contributed by atoms with Gasteiger partial charge in [-0.15, -0.1) is 6.58 Å². The van der Waals surface area contributed by atoms with Gasteiger partial charge in [-0.05, 0) is 29.0 Å². The summed E-state index contributed by atoms with van der Waals surface area (Å²) in [6.45, 7) is 7.35. The molecule has 3 aromatic rings. The molecule has 3 atom stereocenters. The van der Waals surface area contributed by atoms with Crippen LogP contribution < -0.4 is 5.32 Å². The molecule has 2 unspecified atom stereocenters. The standard InChI is InChI=1S/C30H35NO3/c1-4-14-23(21-32)28(33)29(34)27(22(2)3)31-30(24-15-8-5-9-16-24,25-17-10-6-11-18-25)26-19-12-7-13-20-26/h4-13,15-20,22-23,27-28,31-33H,1,14,21H2,2-3H3/t23?,27-,28?/m0/s1. The van der Waals surface area contributed by atoms with Crippen molar-refractivity contribution < 1.29 is 15.0 Å². The average molecular weight is 458 g/mol. The van der Waals surface area contributed by atoms with E-state index in [9.17, 15) is 15.0 Å². The fourth-order valence-corrected chi connectivity index (χ4v) is 4.55. The number of carbonyl (C=O) groups is 1. The maximum absolute atomic E-state index is 13.7. The van der Waals surface area contributed by atoms with Gasteiger partial charge in [0.15, 0.2) is 5.78 Å². The lowest BCUT2D eigenvalue weighted by atomic mass is 9.75. The summed E-state index contributed by atoms with van der Waals surface area (Å²) in [7, 11) is 0. The highest BCUT2D eigenvalue weighted by Gasteiger charge is 2.42. The summed E-state index contributed by atoms with van der Waals surface area (Å²) in [5, 5.41) is 24.4. The van der Waals surface area contributed by atoms with E-state index in [4.69, 9.17) is 0 Å². The Balaban J connectivity index is 2.19. The molecule has 0 fully saturated rings. The first-order valence-electron chi connectivity index (χ1n) is 11.8. The van der Waals surface area contributed by atoms with Crippen molar-refractivity contribution in [2.45, 2.75) is 38.0 Å². The normalized spacial score (nSPS) is 14.4. The zero-order chi connectivity index (χ0) is 24.6. The van der Waals surface area contributed by atoms with E-state index in [2.05, 4.69) is 48.3 Å². The smallest absolute Gasteiger partial charge is 0.178 e. The minimum absolute atomic E-state index is 0.110. The molecule has 4 heteroatoms. The topological polar surface area (TPSA) is 69.6 Å². The molecule has 3 N–H and O–H groups in total. The predicted octanol–water partition coefficient (Wildman–Crippen LogP) is 4.71. The second kappa shape index (κ2) is 11.9. The zero-order valence-electron chi connectivity index (χ0n) is 20.0. The van der Waals surface area contributed by atoms with Crippen LogP contribution in [0.1, 0.15) is 37.0 Å². The SMILES string of the molecule is C=CCC(CO)C(O)C(=O)[C@@H](NC(c1ccccc1)(c1ccccc1)c1ccccc1)C(C)C. The molecule has 0 radical (unpaired) electrons. The van der Waals surface area contributed by atoms with Crippen LogP contribution in [0, 0.1) is 11.8 Å². The van der Waals surface area contributed by atoms with Gasteiger partial charge in [0.2, 0.25) is 0 Å². The van der Waals surface area contributed by atoms with E-state index in [-0.39, 0.29) is 18.3 Å². The maximum atomic E-state index is 13.7. The van der Waals surface area contributed by atoms with Crippen molar-refractivity contribution in [2.75, 3.05) is 6.61 Å². The highest BCUT2D eigenvalue weighted by molar-refractivity contribution is 5.89. The molecule has 3 rings (SSSR count). The van der Waals surface area contributed by atoms with Crippen LogP contribution in [0.4, 0.5) is 0 Å². The monoisotopic (exact) mass is 457 g/mol. The molecule has 0 spiro atoms. The summed E-state index contributed by atoms with van der Waals surface area (Å²) >= 11 is 0. The third kappa shape index (κ3) is 5.36. The van der Waals surface area contributed by atoms with Gasteiger partial charge in [-0.3, -0.25) is 10.1 Å². The molecule has 34 heavy (non-hydrogen) atoms. The Labute approximate surface area is 203 Å². The third-order valence-electron chi connectivity index (χ3n) is 6.41. The van der Waals surface area contributed by atoms with Gasteiger partial charge in [-0.2, -0.15) is 0 Å². The Morgan fingerprint density at radius 2 is 1.29 bits per heavy atom. The first kappa shape index (κ1) is 25.6. The number of hydrogen-bond donors (Lipinski definition) is 3. The van der Waals surface area contributed by atoms with E-state index in [0.29, 0.717) is 6.42 Å². The predicted molar refractivity (Wildman–Crippen MR) is 137 cm³/mol. The number of aliphatic hydroxyl groups is 2. The molecule has 0 heterocycles. The molecule has 0 amide bonds. The number of hydrogen-bond acceptors (Lipinski definition) is 4. The fourth-order valence-electron chi connectivity index (χ4n) is 4.55. The lowest BCUT2D eigenvalue weighted by Gasteiger charge is -2.41. The number of ketones is 1. The highest BCUT2D eigenvalue weighted by atomic mass is 16.3. The first-order chi connectivity index (χ1) is 16.5. The van der Waals surface area contributed by atoms with E-state index in [1.54, 1.807) is 6.08 Å². The first-order valence-corrected chi connectivity index (χ1v) is 11.8. The molecule has 178 valence electrons. The Morgan fingerprint density at radius 3 is 1.62 bits per heavy atom. The summed E-state index contributed by atoms with van der Waals surface area (Å²) in [6, 6.07) is 29.5. The summed E-state index contributed by atoms with van der Waals surface area (Å²) in [4.78, 5) is 13.7. The van der Waals surface area contributed by atoms with Crippen molar-refractivity contribution in [1.82, 2.24) is 5.32 Å². The van der Waals surface area contributed by atoms with E-state index in [0.717, 1.165) is 16.7 Å². The number of allylic oxidation sites excluding steroid dienone is 1. The molecular weight excluding hydrogens is 422 g/mol. The molecule has 0 aliphatic carbocycles. The Bertz CT molecular complexity index is 938. The van der Waals surface area contributed by atoms with E-state index in [1.807, 2.05) is 68.4 Å². The summed E-state index contributed by atoms with van der Waals surface area (Å²) in [5.74, 6) is -1.03. The molecule has 0 bridgehead atoms. The highest BCUT2D eigenvalue weighted by Crippen LogP contribution is 2.38. The summed E-state index contributed by atoms with van der Waals surface area (Å²) in [6.07, 6.45) is 0.676. The summed E-state index contributed by atoms with van der Waals surface area (Å²) in [5.41, 5.74) is 2.14. The van der Waals surface area contributed by atoms with E-state index >= 15 is 0 Å². The third-order valence-corrected chi connectivity index (χ3v) is 6.41. The number of aliphatic hydroxyl groups excluding tert-OH is 2. The van der Waals surface area contributed by atoms with Crippen molar-refractivity contribution in [2.24, 2.45) is 11.8 Å². The van der Waals surface area contributed by atoms with Gasteiger partial charge < -0.3 is 10.2 Å². The van der Waals surface area contributed by atoms with Crippen molar-refractivity contribution in [3.05, 3.63) is 120 Å². The molecular formula is C30H35NO3. The molecule has 3 aromatic carbocycles. The van der Waals surface area contributed by atoms with Crippen LogP contribution >= 0.6 is 0 Å². The summed E-state index contributed by atoms with van der Waals surface area (Å²) < 4.78 is 0. The minimum atomic E-state index is -1.30. The average Bonchev–Trinajstić information content (AvgIpc) is 2.88. The largest absolute Gasteiger partial charge is 0.396 e. The number of benzene rings is 3. The second-order valence-electron chi connectivity index (χ2n) is 9.03. The molecule has 4 nitrogen and oxygen atoms in total. The maximum Gasteiger partial charge on any atom is 0.178 e. The van der Waals surface area contributed by atoms with E-state index in [1.165, 1.54) is 0 Å². The molecule has 0 saturated heterocycles. The second-order valence-corrected chi connectivity index (χ2v) is 9.03. The number of rotatable bonds is 12. The Kier molecular flexibility index (Phi) is 8.94. The minimum Gasteiger partial charge on any atom is -0.396 e. The molecule has 0 aromatic heterocycles. The number of Topliss-reactive ketones (excluding diaryl/α,β-unsaturated/α-hetero) is 1. The van der Waals surface area contributed by atoms with Crippen LogP contribution in [-0.2, 0) is 10.3 Å². The van der Waals surface area contributed by atoms with Crippen molar-refractivity contribution in [3.8, 4) is 0 Å². The van der Waals surface area contributed by atoms with Gasteiger partial charge in [0.05, 0.1) is 11.6 Å². The van der Waals surface area contributed by atoms with Crippen LogP contribution in [0.25, 0.3) is 0 Å². The van der Waals surface area contributed by atoms with Crippen LogP contribution in [0.5, 0.6) is 0 Å². The lowest BCUT2D eigenvalue weighted by molar-refractivity contribution is -0.134. The van der Waals surface area contributed by atoms with Gasteiger partial charge in [0, 0.05) is 12.5 Å². The van der Waals surface area contributed by atoms with Gasteiger partial charge in [0.25, 0.3) is 0 Å². The zero-order valence-corrected chi connectivity index (χ0v) is 20.0. The van der Waals surface area contributed by atoms with Crippen LogP contribution in [0.15, 0.2) is 104 Å². The Morgan fingerprint density at radius 1 is 0.882 bits per heavy atom. The van der Waals surface area contributed by atoms with Crippen molar-refractivity contribution in [3.63, 3.8) is 0 Å². The van der Waals surface area contributed by atoms with Gasteiger partial charge in [-0.25, -0.2) is 0 Å². The number of carbonyl (C=O) groups excluding carboxylic acids is 1. The van der Waals surface area contributed by atoms with Crippen molar-refractivity contribution >= 4 is 5.78 Å². The van der Waals surface area contributed by atoms with Crippen LogP contribution in [0.2, 0.25) is 0 Å². The number of nitrogens with one attached hydrogen (secondary N) is 1. The van der Waals surface area contributed by atoms with E-state index < -0.39 is 23.6 Å². The van der Waals surface area contributed by atoms with Crippen molar-refractivity contribution in [1.29, 1.82) is 0 Å². The Hall–Kier alpha value is -3.05. The molecule has 0 saturated carbocycles. The fraction of sp³-hybridized carbons (Fsp3) is 0.300. The molecule has 0 aliphatic rings. The van der Waals surface area contributed by atoms with Crippen LogP contribution in [0.3, 0.4) is 0 Å². The quantitative estimate of drug-likeness (QED) is 0.272. The van der Waals surface area contributed by atoms with Crippen LogP contribution in [-0.4, -0.2) is 34.7 Å². The molecule has 0 aliphatic heterocycles. The van der Waals surface area contributed by atoms with Gasteiger partial charge in [-0.1, -0.05) is 111 Å². The van der Waals surface area contributed by atoms with Gasteiger partial charge >= 0.3 is 0 Å². The lowest BCUT2D eigenvalue weighted by Crippen LogP contribution is -2.57.